The second-order valence-corrected chi connectivity index (χ2v) is 3.72. The van der Waals surface area contributed by atoms with E-state index in [9.17, 15) is 0 Å². The van der Waals surface area contributed by atoms with Crippen LogP contribution in [-0.2, 0) is 6.54 Å². The number of nitrogens with two attached hydrogens (primary N) is 1. The van der Waals surface area contributed by atoms with Crippen molar-refractivity contribution in [2.75, 3.05) is 12.8 Å². The molecule has 4 heteroatoms. The summed E-state index contributed by atoms with van der Waals surface area (Å²) < 4.78 is 7.09. The van der Waals surface area contributed by atoms with Gasteiger partial charge in [-0.2, -0.15) is 0 Å². The molecule has 1 aromatic heterocycles. The maximum absolute atomic E-state index is 5.78. The highest BCUT2D eigenvalue weighted by atomic mass is 16.5. The van der Waals surface area contributed by atoms with Gasteiger partial charge in [-0.15, -0.1) is 0 Å². The number of nitrogen functional groups attached to an aromatic ring is 1. The maximum Gasteiger partial charge on any atom is 0.200 e. The van der Waals surface area contributed by atoms with Crippen LogP contribution in [0.15, 0.2) is 30.5 Å². The number of hydrogen-bond donors (Lipinski definition) is 1. The van der Waals surface area contributed by atoms with Gasteiger partial charge in [0, 0.05) is 6.20 Å². The molecule has 0 aliphatic rings. The molecular formula is C12H15N3O. The zero-order valence-corrected chi connectivity index (χ0v) is 9.47. The summed E-state index contributed by atoms with van der Waals surface area (Å²) in [6.07, 6.45) is 1.94. The minimum Gasteiger partial charge on any atom is -0.497 e. The Labute approximate surface area is 94.7 Å². The number of ether oxygens (including phenoxy) is 1. The van der Waals surface area contributed by atoms with Gasteiger partial charge in [-0.1, -0.05) is 12.1 Å². The molecular weight excluding hydrogens is 202 g/mol. The molecule has 16 heavy (non-hydrogen) atoms. The van der Waals surface area contributed by atoms with E-state index in [-0.39, 0.29) is 0 Å². The molecule has 0 atom stereocenters. The third-order valence-corrected chi connectivity index (χ3v) is 2.41. The minimum absolute atomic E-state index is 0.542. The molecule has 0 aliphatic heterocycles. The Kier molecular flexibility index (Phi) is 2.81. The van der Waals surface area contributed by atoms with Gasteiger partial charge in [0.1, 0.15) is 5.75 Å². The van der Waals surface area contributed by atoms with Crippen LogP contribution in [0.25, 0.3) is 0 Å². The lowest BCUT2D eigenvalue weighted by molar-refractivity contribution is 0.414. The highest BCUT2D eigenvalue weighted by Gasteiger charge is 2.02. The lowest BCUT2D eigenvalue weighted by Crippen LogP contribution is -2.03. The second-order valence-electron chi connectivity index (χ2n) is 3.72. The first-order valence-corrected chi connectivity index (χ1v) is 5.11. The zero-order chi connectivity index (χ0) is 11.5. The summed E-state index contributed by atoms with van der Waals surface area (Å²) in [7, 11) is 1.66. The Bertz CT molecular complexity index is 491. The van der Waals surface area contributed by atoms with Crippen LogP contribution < -0.4 is 10.5 Å². The molecule has 2 rings (SSSR count). The van der Waals surface area contributed by atoms with Gasteiger partial charge in [0.2, 0.25) is 5.95 Å². The van der Waals surface area contributed by atoms with E-state index in [0.717, 1.165) is 17.0 Å². The number of imidazole rings is 1. The van der Waals surface area contributed by atoms with Crippen molar-refractivity contribution in [1.82, 2.24) is 9.55 Å². The number of aromatic nitrogens is 2. The van der Waals surface area contributed by atoms with Gasteiger partial charge in [0.05, 0.1) is 19.3 Å². The largest absolute Gasteiger partial charge is 0.497 e. The van der Waals surface area contributed by atoms with Crippen molar-refractivity contribution in [3.05, 3.63) is 41.7 Å². The lowest BCUT2D eigenvalue weighted by Gasteiger charge is -2.06. The van der Waals surface area contributed by atoms with Crippen molar-refractivity contribution in [2.24, 2.45) is 0 Å². The van der Waals surface area contributed by atoms with Gasteiger partial charge in [0.25, 0.3) is 0 Å². The van der Waals surface area contributed by atoms with Crippen molar-refractivity contribution >= 4 is 5.95 Å². The van der Waals surface area contributed by atoms with Crippen molar-refractivity contribution < 1.29 is 4.74 Å². The highest BCUT2D eigenvalue weighted by Crippen LogP contribution is 2.15. The molecule has 4 nitrogen and oxygen atoms in total. The predicted molar refractivity (Wildman–Crippen MR) is 63.5 cm³/mol. The van der Waals surface area contributed by atoms with Gasteiger partial charge < -0.3 is 15.0 Å². The van der Waals surface area contributed by atoms with E-state index in [2.05, 4.69) is 4.98 Å². The fraction of sp³-hybridized carbons (Fsp3) is 0.250. The van der Waals surface area contributed by atoms with Gasteiger partial charge in [-0.05, 0) is 24.6 Å². The quantitative estimate of drug-likeness (QED) is 0.853. The van der Waals surface area contributed by atoms with Crippen LogP contribution in [0.4, 0.5) is 5.95 Å². The molecule has 0 unspecified atom stereocenters. The molecule has 1 heterocycles. The summed E-state index contributed by atoms with van der Waals surface area (Å²) in [6.45, 7) is 2.64. The monoisotopic (exact) mass is 217 g/mol. The number of nitrogens with zero attached hydrogens (tertiary/aromatic N) is 2. The first kappa shape index (κ1) is 10.5. The minimum atomic E-state index is 0.542. The summed E-state index contributed by atoms with van der Waals surface area (Å²) in [5.41, 5.74) is 7.85. The SMILES string of the molecule is COc1cccc(Cn2cc(C)nc2N)c1. The Hall–Kier alpha value is -1.97. The normalized spacial score (nSPS) is 10.4. The number of aryl methyl sites for hydroxylation is 1. The third kappa shape index (κ3) is 2.16. The first-order chi connectivity index (χ1) is 7.69. The van der Waals surface area contributed by atoms with E-state index in [0.29, 0.717) is 12.5 Å². The van der Waals surface area contributed by atoms with Crippen molar-refractivity contribution in [1.29, 1.82) is 0 Å². The number of benzene rings is 1. The topological polar surface area (TPSA) is 53.1 Å². The van der Waals surface area contributed by atoms with Crippen molar-refractivity contribution in [3.8, 4) is 5.75 Å². The molecule has 0 saturated carbocycles. The van der Waals surface area contributed by atoms with Crippen molar-refractivity contribution in [3.63, 3.8) is 0 Å². The van der Waals surface area contributed by atoms with Gasteiger partial charge in [-0.3, -0.25) is 0 Å². The summed E-state index contributed by atoms with van der Waals surface area (Å²) in [6, 6.07) is 7.92. The molecule has 0 bridgehead atoms. The van der Waals surface area contributed by atoms with E-state index < -0.39 is 0 Å². The van der Waals surface area contributed by atoms with E-state index in [1.54, 1.807) is 7.11 Å². The summed E-state index contributed by atoms with van der Waals surface area (Å²) in [4.78, 5) is 4.16. The van der Waals surface area contributed by atoms with E-state index in [4.69, 9.17) is 10.5 Å². The van der Waals surface area contributed by atoms with Crippen LogP contribution in [0.1, 0.15) is 11.3 Å². The molecule has 0 aliphatic carbocycles. The fourth-order valence-electron chi connectivity index (χ4n) is 1.66. The Morgan fingerprint density at radius 1 is 1.44 bits per heavy atom. The smallest absolute Gasteiger partial charge is 0.200 e. The molecule has 0 fully saturated rings. The van der Waals surface area contributed by atoms with E-state index in [1.165, 1.54) is 0 Å². The van der Waals surface area contributed by atoms with Crippen LogP contribution in [-0.4, -0.2) is 16.7 Å². The number of anilines is 1. The van der Waals surface area contributed by atoms with Crippen molar-refractivity contribution in [2.45, 2.75) is 13.5 Å². The molecule has 2 aromatic rings. The average molecular weight is 217 g/mol. The van der Waals surface area contributed by atoms with Gasteiger partial charge in [0.15, 0.2) is 0 Å². The van der Waals surface area contributed by atoms with Crippen LogP contribution in [0.2, 0.25) is 0 Å². The molecule has 1 aromatic carbocycles. The summed E-state index contributed by atoms with van der Waals surface area (Å²) in [5.74, 6) is 1.40. The Balaban J connectivity index is 2.23. The predicted octanol–water partition coefficient (Wildman–Crippen LogP) is 1.83. The molecule has 84 valence electrons. The summed E-state index contributed by atoms with van der Waals surface area (Å²) in [5, 5.41) is 0. The Morgan fingerprint density at radius 2 is 2.25 bits per heavy atom. The van der Waals surface area contributed by atoms with Crippen LogP contribution in [0.5, 0.6) is 5.75 Å². The van der Waals surface area contributed by atoms with E-state index in [1.807, 2.05) is 42.0 Å². The standard InChI is InChI=1S/C12H15N3O/c1-9-7-15(12(13)14-9)8-10-4-3-5-11(6-10)16-2/h3-7H,8H2,1-2H3,(H2,13,14). The molecule has 0 spiro atoms. The van der Waals surface area contributed by atoms with Crippen LogP contribution in [0.3, 0.4) is 0 Å². The van der Waals surface area contributed by atoms with E-state index >= 15 is 0 Å². The van der Waals surface area contributed by atoms with Gasteiger partial charge in [-0.25, -0.2) is 4.98 Å². The molecule has 0 saturated heterocycles. The number of methoxy groups -OCH3 is 1. The van der Waals surface area contributed by atoms with Gasteiger partial charge >= 0.3 is 0 Å². The molecule has 0 radical (unpaired) electrons. The lowest BCUT2D eigenvalue weighted by atomic mass is 10.2. The number of rotatable bonds is 3. The molecule has 2 N–H and O–H groups in total. The fourth-order valence-corrected chi connectivity index (χ4v) is 1.66. The average Bonchev–Trinajstić information content (AvgIpc) is 2.58. The van der Waals surface area contributed by atoms with Crippen LogP contribution in [0, 0.1) is 6.92 Å². The maximum atomic E-state index is 5.78. The third-order valence-electron chi connectivity index (χ3n) is 2.41. The first-order valence-electron chi connectivity index (χ1n) is 5.11. The zero-order valence-electron chi connectivity index (χ0n) is 9.47. The summed E-state index contributed by atoms with van der Waals surface area (Å²) >= 11 is 0. The molecule has 0 amide bonds. The number of hydrogen-bond acceptors (Lipinski definition) is 3. The highest BCUT2D eigenvalue weighted by molar-refractivity contribution is 5.30. The van der Waals surface area contributed by atoms with Crippen LogP contribution >= 0.6 is 0 Å². The second kappa shape index (κ2) is 4.26. The Morgan fingerprint density at radius 3 is 2.88 bits per heavy atom.